The predicted octanol–water partition coefficient (Wildman–Crippen LogP) is 3.99. The number of hydrogen-bond donors (Lipinski definition) is 2. The van der Waals surface area contributed by atoms with Crippen molar-refractivity contribution >= 4 is 59.0 Å². The Balaban J connectivity index is 0.00000450. The molecule has 170 valence electrons. The molecule has 9 heteroatoms. The van der Waals surface area contributed by atoms with Crippen molar-refractivity contribution in [1.29, 1.82) is 0 Å². The average molecular weight is 570 g/mol. The summed E-state index contributed by atoms with van der Waals surface area (Å²) in [7, 11) is 2.02. The first-order valence-corrected chi connectivity index (χ1v) is 11.1. The lowest BCUT2D eigenvalue weighted by atomic mass is 9.96. The van der Waals surface area contributed by atoms with Crippen LogP contribution in [0.5, 0.6) is 0 Å². The highest BCUT2D eigenvalue weighted by Crippen LogP contribution is 2.23. The van der Waals surface area contributed by atoms with Gasteiger partial charge in [-0.2, -0.15) is 0 Å². The van der Waals surface area contributed by atoms with Gasteiger partial charge in [-0.3, -0.25) is 9.79 Å². The minimum Gasteiger partial charge on any atom is -0.369 e. The molecule has 0 unspecified atom stereocenters. The maximum Gasteiger partial charge on any atom is 0.220 e. The molecule has 1 heterocycles. The molecule has 0 radical (unpaired) electrons. The van der Waals surface area contributed by atoms with Crippen molar-refractivity contribution in [1.82, 2.24) is 15.1 Å². The first-order chi connectivity index (χ1) is 13.9. The maximum atomic E-state index is 11.2. The molecule has 0 aliphatic carbocycles. The van der Waals surface area contributed by atoms with Gasteiger partial charge in [0, 0.05) is 32.6 Å². The van der Waals surface area contributed by atoms with Gasteiger partial charge in [-0.05, 0) is 69.9 Å². The van der Waals surface area contributed by atoms with Gasteiger partial charge in [0.1, 0.15) is 0 Å². The van der Waals surface area contributed by atoms with Gasteiger partial charge in [0.2, 0.25) is 5.91 Å². The normalized spacial score (nSPS) is 15.5. The number of carbonyl (C=O) groups is 1. The van der Waals surface area contributed by atoms with E-state index in [1.165, 1.54) is 0 Å². The van der Waals surface area contributed by atoms with Gasteiger partial charge < -0.3 is 20.9 Å². The number of amides is 1. The standard InChI is InChI=1S/C21H33Cl2N5O.HI/c1-3-25-21(27(2)15-16-6-7-18(22)19(23)14-16)26-10-4-5-11-28-12-8-17(9-13-28)20(24)29;/h6-7,14,17H,3-5,8-13,15H2,1-2H3,(H2,24,29)(H,25,26);1H. The number of halogens is 3. The van der Waals surface area contributed by atoms with Crippen molar-refractivity contribution in [3.8, 4) is 0 Å². The molecule has 1 aromatic carbocycles. The van der Waals surface area contributed by atoms with E-state index < -0.39 is 0 Å². The van der Waals surface area contributed by atoms with Crippen LogP contribution in [0.4, 0.5) is 0 Å². The molecular formula is C21H34Cl2IN5O. The summed E-state index contributed by atoms with van der Waals surface area (Å²) in [5, 5.41) is 4.48. The zero-order chi connectivity index (χ0) is 21.2. The second-order valence-corrected chi connectivity index (χ2v) is 8.38. The van der Waals surface area contributed by atoms with E-state index in [1.807, 2.05) is 25.2 Å². The largest absolute Gasteiger partial charge is 0.369 e. The van der Waals surface area contributed by atoms with Crippen molar-refractivity contribution in [3.05, 3.63) is 33.8 Å². The third kappa shape index (κ3) is 9.16. The predicted molar refractivity (Wildman–Crippen MR) is 137 cm³/mol. The number of guanidine groups is 1. The van der Waals surface area contributed by atoms with E-state index in [2.05, 4.69) is 22.0 Å². The first-order valence-electron chi connectivity index (χ1n) is 10.4. The highest BCUT2D eigenvalue weighted by atomic mass is 127. The van der Waals surface area contributed by atoms with Gasteiger partial charge in [0.15, 0.2) is 5.96 Å². The topological polar surface area (TPSA) is 74.0 Å². The number of carbonyl (C=O) groups excluding carboxylic acids is 1. The van der Waals surface area contributed by atoms with Crippen molar-refractivity contribution in [3.63, 3.8) is 0 Å². The number of unbranched alkanes of at least 4 members (excludes halogenated alkanes) is 1. The summed E-state index contributed by atoms with van der Waals surface area (Å²) in [6.45, 7) is 7.36. The molecule has 3 N–H and O–H groups in total. The summed E-state index contributed by atoms with van der Waals surface area (Å²) >= 11 is 12.1. The Morgan fingerprint density at radius 1 is 1.27 bits per heavy atom. The fourth-order valence-corrected chi connectivity index (χ4v) is 3.85. The molecule has 2 rings (SSSR count). The quantitative estimate of drug-likeness (QED) is 0.204. The number of nitrogens with two attached hydrogens (primary N) is 1. The van der Waals surface area contributed by atoms with E-state index in [-0.39, 0.29) is 35.8 Å². The Bertz CT molecular complexity index is 696. The molecule has 1 aliphatic heterocycles. The van der Waals surface area contributed by atoms with Crippen LogP contribution < -0.4 is 11.1 Å². The van der Waals surface area contributed by atoms with Crippen LogP contribution >= 0.6 is 47.2 Å². The maximum absolute atomic E-state index is 11.2. The minimum absolute atomic E-state index is 0. The minimum atomic E-state index is -0.153. The lowest BCUT2D eigenvalue weighted by Gasteiger charge is -2.30. The first kappa shape index (κ1) is 27.3. The van der Waals surface area contributed by atoms with Crippen molar-refractivity contribution in [2.24, 2.45) is 16.6 Å². The number of hydrogen-bond acceptors (Lipinski definition) is 3. The number of rotatable bonds is 9. The SMILES string of the molecule is CCNC(=NCCCCN1CCC(C(N)=O)CC1)N(C)Cc1ccc(Cl)c(Cl)c1.I. The second-order valence-electron chi connectivity index (χ2n) is 7.57. The third-order valence-corrected chi connectivity index (χ3v) is 5.97. The van der Waals surface area contributed by atoms with Crippen LogP contribution in [0.2, 0.25) is 10.0 Å². The monoisotopic (exact) mass is 569 g/mol. The molecular weight excluding hydrogens is 536 g/mol. The molecule has 0 bridgehead atoms. The summed E-state index contributed by atoms with van der Waals surface area (Å²) in [4.78, 5) is 20.5. The Kier molecular flexibility index (Phi) is 13.0. The van der Waals surface area contributed by atoms with E-state index >= 15 is 0 Å². The molecule has 1 fully saturated rings. The zero-order valence-electron chi connectivity index (χ0n) is 17.9. The van der Waals surface area contributed by atoms with Gasteiger partial charge in [-0.1, -0.05) is 29.3 Å². The number of aliphatic imine (C=N–C) groups is 1. The molecule has 1 aromatic rings. The Labute approximate surface area is 207 Å². The van der Waals surface area contributed by atoms with Crippen LogP contribution in [0.15, 0.2) is 23.2 Å². The number of likely N-dealkylation sites (tertiary alicyclic amines) is 1. The van der Waals surface area contributed by atoms with Crippen molar-refractivity contribution < 1.29 is 4.79 Å². The van der Waals surface area contributed by atoms with Gasteiger partial charge >= 0.3 is 0 Å². The van der Waals surface area contributed by atoms with E-state index in [9.17, 15) is 4.79 Å². The molecule has 1 saturated heterocycles. The summed E-state index contributed by atoms with van der Waals surface area (Å²) in [6, 6.07) is 5.70. The Morgan fingerprint density at radius 2 is 1.97 bits per heavy atom. The summed E-state index contributed by atoms with van der Waals surface area (Å²) in [5.41, 5.74) is 6.49. The summed E-state index contributed by atoms with van der Waals surface area (Å²) < 4.78 is 0. The van der Waals surface area contributed by atoms with Gasteiger partial charge in [0.05, 0.1) is 10.0 Å². The molecule has 30 heavy (non-hydrogen) atoms. The lowest BCUT2D eigenvalue weighted by molar-refractivity contribution is -0.123. The molecule has 0 saturated carbocycles. The Hall–Kier alpha value is -0.770. The van der Waals surface area contributed by atoms with E-state index in [0.29, 0.717) is 16.6 Å². The number of piperidine rings is 1. The van der Waals surface area contributed by atoms with E-state index in [1.54, 1.807) is 0 Å². The highest BCUT2D eigenvalue weighted by molar-refractivity contribution is 14.0. The summed E-state index contributed by atoms with van der Waals surface area (Å²) in [6.07, 6.45) is 3.90. The molecule has 0 atom stereocenters. The van der Waals surface area contributed by atoms with E-state index in [4.69, 9.17) is 33.9 Å². The van der Waals surface area contributed by atoms with Crippen LogP contribution in [0.1, 0.15) is 38.2 Å². The molecule has 6 nitrogen and oxygen atoms in total. The molecule has 0 aromatic heterocycles. The zero-order valence-corrected chi connectivity index (χ0v) is 21.7. The number of benzene rings is 1. The van der Waals surface area contributed by atoms with Crippen LogP contribution in [-0.4, -0.2) is 61.4 Å². The van der Waals surface area contributed by atoms with Gasteiger partial charge in [-0.15, -0.1) is 24.0 Å². The van der Waals surface area contributed by atoms with Crippen LogP contribution in [0, 0.1) is 5.92 Å². The van der Waals surface area contributed by atoms with Crippen molar-refractivity contribution in [2.45, 2.75) is 39.2 Å². The molecule has 1 amide bonds. The van der Waals surface area contributed by atoms with Crippen LogP contribution in [0.3, 0.4) is 0 Å². The van der Waals surface area contributed by atoms with Crippen LogP contribution in [0.25, 0.3) is 0 Å². The fourth-order valence-electron chi connectivity index (χ4n) is 3.53. The van der Waals surface area contributed by atoms with Gasteiger partial charge in [0.25, 0.3) is 0 Å². The second kappa shape index (κ2) is 14.3. The van der Waals surface area contributed by atoms with Gasteiger partial charge in [-0.25, -0.2) is 0 Å². The number of nitrogens with one attached hydrogen (secondary N) is 1. The lowest BCUT2D eigenvalue weighted by Crippen LogP contribution is -2.39. The number of primary amides is 1. The average Bonchev–Trinajstić information content (AvgIpc) is 2.70. The van der Waals surface area contributed by atoms with Crippen LogP contribution in [-0.2, 0) is 11.3 Å². The van der Waals surface area contributed by atoms with E-state index in [0.717, 1.165) is 69.9 Å². The molecule has 1 aliphatic rings. The Morgan fingerprint density at radius 3 is 2.57 bits per heavy atom. The third-order valence-electron chi connectivity index (χ3n) is 5.23. The number of nitrogens with zero attached hydrogens (tertiary/aromatic N) is 3. The summed E-state index contributed by atoms with van der Waals surface area (Å²) in [5.74, 6) is 0.797. The fraction of sp³-hybridized carbons (Fsp3) is 0.619. The smallest absolute Gasteiger partial charge is 0.220 e. The molecule has 0 spiro atoms. The highest BCUT2D eigenvalue weighted by Gasteiger charge is 2.22. The van der Waals surface area contributed by atoms with Crippen molar-refractivity contribution in [2.75, 3.05) is 39.8 Å².